The summed E-state index contributed by atoms with van der Waals surface area (Å²) in [4.78, 5) is 24.3. The fourth-order valence-corrected chi connectivity index (χ4v) is 2.26. The number of hydrogen-bond donors (Lipinski definition) is 2. The summed E-state index contributed by atoms with van der Waals surface area (Å²) in [6, 6.07) is 2.09. The molecular weight excluding hydrogens is 338 g/mol. The fraction of sp³-hybridized carbons (Fsp3) is 0.400. The first-order valence-electron chi connectivity index (χ1n) is 8.66. The highest BCUT2D eigenvalue weighted by molar-refractivity contribution is 5.93. The first-order chi connectivity index (χ1) is 12.3. The van der Waals surface area contributed by atoms with Gasteiger partial charge in [-0.05, 0) is 36.1 Å². The van der Waals surface area contributed by atoms with Crippen LogP contribution in [0.5, 0.6) is 0 Å². The minimum absolute atomic E-state index is 0.0252. The predicted octanol–water partition coefficient (Wildman–Crippen LogP) is 3.29. The number of hydrogen-bond acceptors (Lipinski definition) is 2. The number of benzene rings is 1. The van der Waals surface area contributed by atoms with Crippen molar-refractivity contribution in [1.82, 2.24) is 10.6 Å². The molecule has 142 valence electrons. The van der Waals surface area contributed by atoms with Crippen molar-refractivity contribution in [3.63, 3.8) is 0 Å². The third kappa shape index (κ3) is 8.05. The number of nitrogens with one attached hydrogen (secondary N) is 2. The predicted molar refractivity (Wildman–Crippen MR) is 98.4 cm³/mol. The molecule has 26 heavy (non-hydrogen) atoms. The summed E-state index contributed by atoms with van der Waals surface area (Å²) in [5.74, 6) is -1.88. The number of rotatable bonds is 10. The van der Waals surface area contributed by atoms with Crippen molar-refractivity contribution in [2.24, 2.45) is 5.92 Å². The highest BCUT2D eigenvalue weighted by atomic mass is 19.1. The van der Waals surface area contributed by atoms with Gasteiger partial charge in [-0.15, -0.1) is 6.58 Å². The van der Waals surface area contributed by atoms with Crippen LogP contribution < -0.4 is 10.6 Å². The summed E-state index contributed by atoms with van der Waals surface area (Å²) < 4.78 is 26.7. The molecule has 0 aromatic heterocycles. The number of carbonyl (C=O) groups excluding carboxylic acids is 2. The molecule has 0 saturated carbocycles. The number of allylic oxidation sites excluding steroid dienone is 1. The van der Waals surface area contributed by atoms with Gasteiger partial charge in [0, 0.05) is 19.0 Å². The zero-order chi connectivity index (χ0) is 19.5. The van der Waals surface area contributed by atoms with Gasteiger partial charge in [-0.2, -0.15) is 0 Å². The Hall–Kier alpha value is -2.50. The molecule has 0 aliphatic heterocycles. The van der Waals surface area contributed by atoms with Crippen LogP contribution >= 0.6 is 0 Å². The van der Waals surface area contributed by atoms with Gasteiger partial charge in [0.1, 0.15) is 17.7 Å². The fourth-order valence-electron chi connectivity index (χ4n) is 2.26. The second-order valence-corrected chi connectivity index (χ2v) is 6.23. The zero-order valence-electron chi connectivity index (χ0n) is 15.2. The van der Waals surface area contributed by atoms with Crippen LogP contribution in [-0.2, 0) is 16.0 Å². The maximum Gasteiger partial charge on any atom is 0.244 e. The van der Waals surface area contributed by atoms with Crippen molar-refractivity contribution in [1.29, 1.82) is 0 Å². The summed E-state index contributed by atoms with van der Waals surface area (Å²) in [7, 11) is 0. The van der Waals surface area contributed by atoms with E-state index in [0.29, 0.717) is 5.92 Å². The van der Waals surface area contributed by atoms with E-state index in [-0.39, 0.29) is 18.5 Å². The molecule has 2 amide bonds. The van der Waals surface area contributed by atoms with E-state index in [4.69, 9.17) is 0 Å². The molecule has 2 atom stereocenters. The first-order valence-corrected chi connectivity index (χ1v) is 8.66. The minimum Gasteiger partial charge on any atom is -0.351 e. The lowest BCUT2D eigenvalue weighted by Crippen LogP contribution is -2.47. The standard InChI is InChI=1S/C20H26F2N2O2/c1-4-9-23-20(26)18(12-15-10-16(21)13-17(22)11-15)24-19(25)8-6-7-14(3)5-2/h4,6,8,10-11,13-14,18H,1,5,7,9,12H2,2-3H3,(H,23,26)(H,24,25)/b8-6+/t14?,18-/m0/s1. The molecular formula is C20H26F2N2O2. The molecule has 0 aliphatic rings. The minimum atomic E-state index is -0.947. The molecule has 0 saturated heterocycles. The summed E-state index contributed by atoms with van der Waals surface area (Å²) in [6.07, 6.45) is 6.37. The highest BCUT2D eigenvalue weighted by Gasteiger charge is 2.20. The molecule has 1 aromatic carbocycles. The third-order valence-electron chi connectivity index (χ3n) is 3.92. The lowest BCUT2D eigenvalue weighted by atomic mass is 10.0. The Morgan fingerprint density at radius 3 is 2.46 bits per heavy atom. The number of carbonyl (C=O) groups is 2. The normalized spacial score (nSPS) is 13.2. The van der Waals surface area contributed by atoms with Gasteiger partial charge in [0.05, 0.1) is 0 Å². The van der Waals surface area contributed by atoms with E-state index in [1.54, 1.807) is 6.08 Å². The van der Waals surface area contributed by atoms with Crippen molar-refractivity contribution < 1.29 is 18.4 Å². The van der Waals surface area contributed by atoms with Crippen LogP contribution in [0.3, 0.4) is 0 Å². The van der Waals surface area contributed by atoms with Crippen LogP contribution in [0.15, 0.2) is 43.0 Å². The molecule has 0 aliphatic carbocycles. The highest BCUT2D eigenvalue weighted by Crippen LogP contribution is 2.11. The van der Waals surface area contributed by atoms with Gasteiger partial charge >= 0.3 is 0 Å². The van der Waals surface area contributed by atoms with E-state index in [0.717, 1.165) is 31.0 Å². The zero-order valence-corrected chi connectivity index (χ0v) is 15.2. The van der Waals surface area contributed by atoms with Gasteiger partial charge in [-0.3, -0.25) is 9.59 Å². The van der Waals surface area contributed by atoms with Crippen LogP contribution in [0.1, 0.15) is 32.3 Å². The van der Waals surface area contributed by atoms with Crippen LogP contribution in [0, 0.1) is 17.6 Å². The van der Waals surface area contributed by atoms with Crippen LogP contribution in [-0.4, -0.2) is 24.4 Å². The maximum atomic E-state index is 13.4. The Balaban J connectivity index is 2.82. The Labute approximate surface area is 153 Å². The average molecular weight is 364 g/mol. The van der Waals surface area contributed by atoms with Gasteiger partial charge in [0.25, 0.3) is 0 Å². The quantitative estimate of drug-likeness (QED) is 0.494. The topological polar surface area (TPSA) is 58.2 Å². The maximum absolute atomic E-state index is 13.4. The Bertz CT molecular complexity index is 639. The van der Waals surface area contributed by atoms with Crippen molar-refractivity contribution in [3.8, 4) is 0 Å². The van der Waals surface area contributed by atoms with Crippen molar-refractivity contribution >= 4 is 11.8 Å². The molecule has 1 rings (SSSR count). The summed E-state index contributed by atoms with van der Waals surface area (Å²) >= 11 is 0. The molecule has 0 spiro atoms. The smallest absolute Gasteiger partial charge is 0.244 e. The van der Waals surface area contributed by atoms with E-state index in [9.17, 15) is 18.4 Å². The summed E-state index contributed by atoms with van der Waals surface area (Å²) in [6.45, 7) is 7.88. The Morgan fingerprint density at radius 2 is 1.88 bits per heavy atom. The van der Waals surface area contributed by atoms with E-state index < -0.39 is 29.5 Å². The van der Waals surface area contributed by atoms with E-state index in [2.05, 4.69) is 31.1 Å². The molecule has 1 aromatic rings. The SMILES string of the molecule is C=CCNC(=O)[C@H](Cc1cc(F)cc(F)c1)NC(=O)/C=C/CC(C)CC. The molecule has 0 bridgehead atoms. The molecule has 6 heteroatoms. The molecule has 0 fully saturated rings. The summed E-state index contributed by atoms with van der Waals surface area (Å²) in [5.41, 5.74) is 0.283. The molecule has 1 unspecified atom stereocenters. The van der Waals surface area contributed by atoms with Crippen molar-refractivity contribution in [2.75, 3.05) is 6.54 Å². The number of halogens is 2. The van der Waals surface area contributed by atoms with Gasteiger partial charge in [-0.25, -0.2) is 8.78 Å². The Morgan fingerprint density at radius 1 is 1.23 bits per heavy atom. The van der Waals surface area contributed by atoms with E-state index in [1.807, 2.05) is 0 Å². The van der Waals surface area contributed by atoms with E-state index >= 15 is 0 Å². The largest absolute Gasteiger partial charge is 0.351 e. The first kappa shape index (κ1) is 21.5. The lowest BCUT2D eigenvalue weighted by molar-refractivity contribution is -0.126. The van der Waals surface area contributed by atoms with Gasteiger partial charge in [-0.1, -0.05) is 32.4 Å². The molecule has 0 heterocycles. The van der Waals surface area contributed by atoms with Gasteiger partial charge in [0.2, 0.25) is 11.8 Å². The molecule has 0 radical (unpaired) electrons. The van der Waals surface area contributed by atoms with E-state index in [1.165, 1.54) is 12.2 Å². The van der Waals surface area contributed by atoms with Gasteiger partial charge in [0.15, 0.2) is 0 Å². The van der Waals surface area contributed by atoms with Crippen molar-refractivity contribution in [3.05, 3.63) is 60.2 Å². The van der Waals surface area contributed by atoms with Crippen LogP contribution in [0.4, 0.5) is 8.78 Å². The average Bonchev–Trinajstić information content (AvgIpc) is 2.57. The van der Waals surface area contributed by atoms with Gasteiger partial charge < -0.3 is 10.6 Å². The number of amides is 2. The second kappa shape index (κ2) is 11.2. The van der Waals surface area contributed by atoms with Crippen LogP contribution in [0.2, 0.25) is 0 Å². The monoisotopic (exact) mass is 364 g/mol. The summed E-state index contributed by atoms with van der Waals surface area (Å²) in [5, 5.41) is 5.18. The second-order valence-electron chi connectivity index (χ2n) is 6.23. The molecule has 2 N–H and O–H groups in total. The van der Waals surface area contributed by atoms with Crippen molar-refractivity contribution in [2.45, 2.75) is 39.2 Å². The van der Waals surface area contributed by atoms with Crippen LogP contribution in [0.25, 0.3) is 0 Å². The lowest BCUT2D eigenvalue weighted by Gasteiger charge is -2.17. The Kier molecular flexibility index (Phi) is 9.26. The molecule has 4 nitrogen and oxygen atoms in total. The third-order valence-corrected chi connectivity index (χ3v) is 3.92.